The molecule has 27 heavy (non-hydrogen) atoms. The highest BCUT2D eigenvalue weighted by Crippen LogP contribution is 2.29. The largest absolute Gasteiger partial charge is 0.416 e. The molecular formula is C18H15BrClF3N2O2. The van der Waals surface area contributed by atoms with Gasteiger partial charge in [0, 0.05) is 15.9 Å². The summed E-state index contributed by atoms with van der Waals surface area (Å²) in [4.78, 5) is 23.9. The summed E-state index contributed by atoms with van der Waals surface area (Å²) in [5.41, 5.74) is 5.33. The maximum absolute atomic E-state index is 12.8. The molecule has 0 aliphatic carbocycles. The molecule has 0 aliphatic rings. The molecule has 4 nitrogen and oxygen atoms in total. The second-order valence-electron chi connectivity index (χ2n) is 5.84. The first-order chi connectivity index (χ1) is 12.6. The van der Waals surface area contributed by atoms with Crippen LogP contribution in [0.5, 0.6) is 0 Å². The minimum absolute atomic E-state index is 0.0881. The van der Waals surface area contributed by atoms with E-state index in [0.29, 0.717) is 15.1 Å². The van der Waals surface area contributed by atoms with Crippen LogP contribution in [-0.4, -0.2) is 17.9 Å². The summed E-state index contributed by atoms with van der Waals surface area (Å²) >= 11 is 9.25. The van der Waals surface area contributed by atoms with Gasteiger partial charge in [-0.15, -0.1) is 0 Å². The van der Waals surface area contributed by atoms with Crippen LogP contribution in [0.2, 0.25) is 5.02 Å². The second-order valence-corrected chi connectivity index (χ2v) is 7.13. The van der Waals surface area contributed by atoms with Gasteiger partial charge >= 0.3 is 6.18 Å². The maximum Gasteiger partial charge on any atom is 0.416 e. The first kappa shape index (κ1) is 21.2. The smallest absolute Gasteiger partial charge is 0.368 e. The van der Waals surface area contributed by atoms with E-state index >= 15 is 0 Å². The van der Waals surface area contributed by atoms with Gasteiger partial charge in [0.25, 0.3) is 0 Å². The van der Waals surface area contributed by atoms with Crippen LogP contribution in [0.25, 0.3) is 0 Å². The number of carbonyl (C=O) groups is 2. The monoisotopic (exact) mass is 462 g/mol. The fourth-order valence-electron chi connectivity index (χ4n) is 2.43. The van der Waals surface area contributed by atoms with Crippen LogP contribution in [0, 0.1) is 0 Å². The van der Waals surface area contributed by atoms with Gasteiger partial charge in [0.1, 0.15) is 6.04 Å². The van der Waals surface area contributed by atoms with Crippen molar-refractivity contribution in [1.29, 1.82) is 0 Å². The van der Waals surface area contributed by atoms with Crippen molar-refractivity contribution in [2.75, 3.05) is 0 Å². The number of carbonyl (C=O) groups excluding carboxylic acids is 2. The second kappa shape index (κ2) is 8.75. The normalized spacial score (nSPS) is 12.5. The predicted molar refractivity (Wildman–Crippen MR) is 99.1 cm³/mol. The van der Waals surface area contributed by atoms with Gasteiger partial charge in [0.15, 0.2) is 0 Å². The zero-order valence-electron chi connectivity index (χ0n) is 13.8. The lowest BCUT2D eigenvalue weighted by Gasteiger charge is -2.17. The van der Waals surface area contributed by atoms with Crippen LogP contribution in [-0.2, 0) is 28.6 Å². The summed E-state index contributed by atoms with van der Waals surface area (Å²) in [5.74, 6) is -1.38. The van der Waals surface area contributed by atoms with Crippen molar-refractivity contribution in [3.8, 4) is 0 Å². The number of rotatable bonds is 6. The Balaban J connectivity index is 2.09. The molecule has 0 radical (unpaired) electrons. The molecule has 0 bridgehead atoms. The van der Waals surface area contributed by atoms with E-state index in [0.717, 1.165) is 12.1 Å². The number of benzene rings is 2. The van der Waals surface area contributed by atoms with Crippen molar-refractivity contribution in [2.45, 2.75) is 25.1 Å². The van der Waals surface area contributed by atoms with Gasteiger partial charge in [-0.25, -0.2) is 0 Å². The van der Waals surface area contributed by atoms with E-state index in [-0.39, 0.29) is 18.4 Å². The van der Waals surface area contributed by atoms with Crippen molar-refractivity contribution in [3.05, 3.63) is 68.7 Å². The molecule has 2 amide bonds. The van der Waals surface area contributed by atoms with E-state index in [4.69, 9.17) is 17.3 Å². The van der Waals surface area contributed by atoms with E-state index in [1.54, 1.807) is 18.2 Å². The number of alkyl halides is 3. The summed E-state index contributed by atoms with van der Waals surface area (Å²) in [6, 6.07) is 8.39. The Morgan fingerprint density at radius 1 is 1.19 bits per heavy atom. The molecular weight excluding hydrogens is 449 g/mol. The zero-order valence-corrected chi connectivity index (χ0v) is 16.2. The Morgan fingerprint density at radius 3 is 2.52 bits per heavy atom. The van der Waals surface area contributed by atoms with E-state index < -0.39 is 29.6 Å². The molecule has 3 N–H and O–H groups in total. The quantitative estimate of drug-likeness (QED) is 0.682. The van der Waals surface area contributed by atoms with Crippen LogP contribution in [0.3, 0.4) is 0 Å². The number of hydrogen-bond acceptors (Lipinski definition) is 2. The standard InChI is InChI=1S/C18H15BrClF3N2O2/c19-14-5-4-13(20)8-11(14)9-15(17(24)27)25-16(26)7-10-2-1-3-12(6-10)18(21,22)23/h1-6,8,15H,7,9H2,(H2,24,27)(H,25,26)/t15-/m0/s1. The lowest BCUT2D eigenvalue weighted by atomic mass is 10.0. The lowest BCUT2D eigenvalue weighted by molar-refractivity contribution is -0.137. The van der Waals surface area contributed by atoms with Crippen LogP contribution < -0.4 is 11.1 Å². The maximum atomic E-state index is 12.8. The minimum atomic E-state index is -4.50. The molecule has 0 aliphatic heterocycles. The Hall–Kier alpha value is -2.06. The van der Waals surface area contributed by atoms with Crippen LogP contribution in [0.4, 0.5) is 13.2 Å². The third-order valence-electron chi connectivity index (χ3n) is 3.73. The predicted octanol–water partition coefficient (Wildman–Crippen LogP) is 3.88. The van der Waals surface area contributed by atoms with Gasteiger partial charge in [-0.1, -0.05) is 45.7 Å². The number of nitrogens with one attached hydrogen (secondary N) is 1. The van der Waals surface area contributed by atoms with Crippen molar-refractivity contribution >= 4 is 39.3 Å². The molecule has 0 fully saturated rings. The number of primary amides is 1. The van der Waals surface area contributed by atoms with Crippen LogP contribution in [0.15, 0.2) is 46.9 Å². The average Bonchev–Trinajstić information content (AvgIpc) is 2.56. The van der Waals surface area contributed by atoms with Crippen LogP contribution >= 0.6 is 27.5 Å². The van der Waals surface area contributed by atoms with Gasteiger partial charge in [0.05, 0.1) is 12.0 Å². The van der Waals surface area contributed by atoms with Gasteiger partial charge in [-0.3, -0.25) is 9.59 Å². The van der Waals surface area contributed by atoms with Crippen LogP contribution in [0.1, 0.15) is 16.7 Å². The molecule has 2 aromatic rings. The number of nitrogens with two attached hydrogens (primary N) is 1. The fourth-order valence-corrected chi connectivity index (χ4v) is 3.03. The van der Waals surface area contributed by atoms with Crippen molar-refractivity contribution in [3.63, 3.8) is 0 Å². The molecule has 144 valence electrons. The summed E-state index contributed by atoms with van der Waals surface area (Å²) in [6.45, 7) is 0. The lowest BCUT2D eigenvalue weighted by Crippen LogP contribution is -2.46. The Kier molecular flexibility index (Phi) is 6.89. The van der Waals surface area contributed by atoms with Crippen molar-refractivity contribution in [2.24, 2.45) is 5.73 Å². The topological polar surface area (TPSA) is 72.2 Å². The summed E-state index contributed by atoms with van der Waals surface area (Å²) in [5, 5.41) is 2.91. The van der Waals surface area contributed by atoms with E-state index in [2.05, 4.69) is 21.2 Å². The molecule has 2 aromatic carbocycles. The SMILES string of the molecule is NC(=O)[C@H](Cc1cc(Cl)ccc1Br)NC(=O)Cc1cccc(C(F)(F)F)c1. The first-order valence-electron chi connectivity index (χ1n) is 7.75. The summed E-state index contributed by atoms with van der Waals surface area (Å²) in [7, 11) is 0. The first-order valence-corrected chi connectivity index (χ1v) is 8.92. The third kappa shape index (κ3) is 6.25. The molecule has 9 heteroatoms. The molecule has 0 spiro atoms. The highest BCUT2D eigenvalue weighted by molar-refractivity contribution is 9.10. The molecule has 0 heterocycles. The molecule has 0 aromatic heterocycles. The zero-order chi connectivity index (χ0) is 20.2. The minimum Gasteiger partial charge on any atom is -0.368 e. The summed E-state index contributed by atoms with van der Waals surface area (Å²) in [6.07, 6.45) is -4.73. The van der Waals surface area contributed by atoms with E-state index in [1.807, 2.05) is 0 Å². The summed E-state index contributed by atoms with van der Waals surface area (Å²) < 4.78 is 39.0. The Bertz CT molecular complexity index is 859. The molecule has 2 rings (SSSR count). The van der Waals surface area contributed by atoms with Gasteiger partial charge < -0.3 is 11.1 Å². The Labute approximate surface area is 167 Å². The number of hydrogen-bond donors (Lipinski definition) is 2. The highest BCUT2D eigenvalue weighted by atomic mass is 79.9. The van der Waals surface area contributed by atoms with Gasteiger partial charge in [-0.2, -0.15) is 13.2 Å². The highest BCUT2D eigenvalue weighted by Gasteiger charge is 2.30. The molecule has 1 atom stereocenters. The average molecular weight is 464 g/mol. The van der Waals surface area contributed by atoms with Crippen molar-refractivity contribution in [1.82, 2.24) is 5.32 Å². The molecule has 0 unspecified atom stereocenters. The van der Waals surface area contributed by atoms with Gasteiger partial charge in [0.2, 0.25) is 11.8 Å². The molecule has 0 saturated heterocycles. The van der Waals surface area contributed by atoms with Crippen molar-refractivity contribution < 1.29 is 22.8 Å². The van der Waals surface area contributed by atoms with E-state index in [9.17, 15) is 22.8 Å². The number of halogens is 5. The Morgan fingerprint density at radius 2 is 1.89 bits per heavy atom. The van der Waals surface area contributed by atoms with Gasteiger partial charge in [-0.05, 0) is 35.4 Å². The number of amides is 2. The van der Waals surface area contributed by atoms with E-state index in [1.165, 1.54) is 12.1 Å². The molecule has 0 saturated carbocycles. The third-order valence-corrected chi connectivity index (χ3v) is 4.74. The fraction of sp³-hybridized carbons (Fsp3) is 0.222.